The van der Waals surface area contributed by atoms with E-state index in [9.17, 15) is 0 Å². The fourth-order valence-corrected chi connectivity index (χ4v) is 2.29. The molecule has 1 aromatic rings. The third-order valence-corrected chi connectivity index (χ3v) is 3.23. The molecule has 4 nitrogen and oxygen atoms in total. The van der Waals surface area contributed by atoms with Crippen molar-refractivity contribution in [2.24, 2.45) is 0 Å². The third kappa shape index (κ3) is 4.20. The van der Waals surface area contributed by atoms with Crippen molar-refractivity contribution in [2.45, 2.75) is 45.1 Å². The lowest BCUT2D eigenvalue weighted by Crippen LogP contribution is -2.51. The van der Waals surface area contributed by atoms with Crippen molar-refractivity contribution in [1.82, 2.24) is 5.32 Å². The van der Waals surface area contributed by atoms with Gasteiger partial charge in [0.2, 0.25) is 0 Å². The maximum atomic E-state index is 9.02. The van der Waals surface area contributed by atoms with Crippen molar-refractivity contribution in [2.75, 3.05) is 13.2 Å². The molecule has 1 aliphatic heterocycles. The average molecular weight is 265 g/mol. The third-order valence-electron chi connectivity index (χ3n) is 3.23. The van der Waals surface area contributed by atoms with Crippen molar-refractivity contribution < 1.29 is 14.6 Å². The monoisotopic (exact) mass is 265 g/mol. The summed E-state index contributed by atoms with van der Waals surface area (Å²) in [6.45, 7) is 5.76. The van der Waals surface area contributed by atoms with Gasteiger partial charge in [-0.3, -0.25) is 0 Å². The number of hydrogen-bond donors (Lipinski definition) is 2. The van der Waals surface area contributed by atoms with Gasteiger partial charge in [0.15, 0.2) is 0 Å². The van der Waals surface area contributed by atoms with Gasteiger partial charge in [-0.2, -0.15) is 0 Å². The normalized spacial score (nSPS) is 23.6. The first-order valence-electron chi connectivity index (χ1n) is 6.89. The lowest BCUT2D eigenvalue weighted by Gasteiger charge is -2.33. The van der Waals surface area contributed by atoms with Crippen LogP contribution >= 0.6 is 0 Å². The van der Waals surface area contributed by atoms with E-state index in [0.717, 1.165) is 24.3 Å². The quantitative estimate of drug-likeness (QED) is 0.851. The Morgan fingerprint density at radius 1 is 1.37 bits per heavy atom. The summed E-state index contributed by atoms with van der Waals surface area (Å²) < 4.78 is 11.6. The Morgan fingerprint density at radius 3 is 2.74 bits per heavy atom. The molecule has 0 radical (unpaired) electrons. The van der Waals surface area contributed by atoms with E-state index in [2.05, 4.69) is 19.2 Å². The summed E-state index contributed by atoms with van der Waals surface area (Å²) >= 11 is 0. The summed E-state index contributed by atoms with van der Waals surface area (Å²) in [6.07, 6.45) is 1.03. The zero-order valence-electron chi connectivity index (χ0n) is 11.6. The van der Waals surface area contributed by atoms with Crippen LogP contribution < -0.4 is 10.1 Å². The molecule has 0 aliphatic carbocycles. The number of hydrogen-bond acceptors (Lipinski definition) is 4. The topological polar surface area (TPSA) is 50.7 Å². The maximum absolute atomic E-state index is 9.02. The molecule has 1 aromatic carbocycles. The molecule has 1 saturated heterocycles. The van der Waals surface area contributed by atoms with Gasteiger partial charge in [0, 0.05) is 12.5 Å². The zero-order chi connectivity index (χ0) is 13.7. The molecule has 0 aromatic heterocycles. The summed E-state index contributed by atoms with van der Waals surface area (Å²) in [5.74, 6) is 0.847. The van der Waals surface area contributed by atoms with Gasteiger partial charge in [-0.1, -0.05) is 26.0 Å². The summed E-state index contributed by atoms with van der Waals surface area (Å²) in [5.41, 5.74) is 0.899. The number of nitrogens with one attached hydrogen (secondary N) is 1. The van der Waals surface area contributed by atoms with Gasteiger partial charge >= 0.3 is 0 Å². The molecular weight excluding hydrogens is 242 g/mol. The second-order valence-electron chi connectivity index (χ2n) is 5.25. The molecular formula is C15H23NO3. The first kappa shape index (κ1) is 14.3. The van der Waals surface area contributed by atoms with E-state index >= 15 is 0 Å². The van der Waals surface area contributed by atoms with Crippen molar-refractivity contribution in [1.29, 1.82) is 0 Å². The SMILES string of the molecule is CC(C)N[C@H]1COCC[C@@H]1Oc1ccc(CO)cc1. The highest BCUT2D eigenvalue weighted by Gasteiger charge is 2.27. The lowest BCUT2D eigenvalue weighted by molar-refractivity contribution is -0.00632. The molecule has 2 atom stereocenters. The molecule has 1 fully saturated rings. The first-order chi connectivity index (χ1) is 9.19. The van der Waals surface area contributed by atoms with E-state index in [0.29, 0.717) is 12.6 Å². The smallest absolute Gasteiger partial charge is 0.119 e. The van der Waals surface area contributed by atoms with Gasteiger partial charge in [0.1, 0.15) is 11.9 Å². The van der Waals surface area contributed by atoms with Crippen LogP contribution in [0.25, 0.3) is 0 Å². The molecule has 1 heterocycles. The lowest BCUT2D eigenvalue weighted by atomic mass is 10.1. The number of rotatable bonds is 5. The second-order valence-corrected chi connectivity index (χ2v) is 5.25. The molecule has 2 rings (SSSR count). The fraction of sp³-hybridized carbons (Fsp3) is 0.600. The van der Waals surface area contributed by atoms with E-state index < -0.39 is 0 Å². The van der Waals surface area contributed by atoms with Gasteiger partial charge < -0.3 is 19.9 Å². The van der Waals surface area contributed by atoms with Crippen LogP contribution in [-0.4, -0.2) is 36.5 Å². The molecule has 0 amide bonds. The molecule has 0 spiro atoms. The van der Waals surface area contributed by atoms with Crippen molar-refractivity contribution in [3.8, 4) is 5.75 Å². The number of ether oxygens (including phenoxy) is 2. The molecule has 106 valence electrons. The fourth-order valence-electron chi connectivity index (χ4n) is 2.29. The van der Waals surface area contributed by atoms with Gasteiger partial charge in [-0.25, -0.2) is 0 Å². The van der Waals surface area contributed by atoms with Crippen LogP contribution in [0.1, 0.15) is 25.8 Å². The number of benzene rings is 1. The zero-order valence-corrected chi connectivity index (χ0v) is 11.6. The van der Waals surface area contributed by atoms with Crippen LogP contribution in [0.3, 0.4) is 0 Å². The summed E-state index contributed by atoms with van der Waals surface area (Å²) in [6, 6.07) is 8.24. The Bertz CT molecular complexity index is 377. The molecule has 0 saturated carbocycles. The largest absolute Gasteiger partial charge is 0.489 e. The van der Waals surface area contributed by atoms with Gasteiger partial charge in [0.25, 0.3) is 0 Å². The highest BCUT2D eigenvalue weighted by Crippen LogP contribution is 2.19. The van der Waals surface area contributed by atoms with E-state index in [1.165, 1.54) is 0 Å². The summed E-state index contributed by atoms with van der Waals surface area (Å²) in [4.78, 5) is 0. The molecule has 0 bridgehead atoms. The van der Waals surface area contributed by atoms with E-state index in [1.807, 2.05) is 24.3 Å². The van der Waals surface area contributed by atoms with E-state index in [1.54, 1.807) is 0 Å². The minimum Gasteiger partial charge on any atom is -0.489 e. The van der Waals surface area contributed by atoms with E-state index in [-0.39, 0.29) is 18.8 Å². The molecule has 2 N–H and O–H groups in total. The Morgan fingerprint density at radius 2 is 2.11 bits per heavy atom. The van der Waals surface area contributed by atoms with Crippen LogP contribution in [0.5, 0.6) is 5.75 Å². The summed E-state index contributed by atoms with van der Waals surface area (Å²) in [7, 11) is 0. The predicted octanol–water partition coefficient (Wildman–Crippen LogP) is 1.71. The number of aliphatic hydroxyl groups excluding tert-OH is 1. The van der Waals surface area contributed by atoms with Crippen LogP contribution in [0.4, 0.5) is 0 Å². The van der Waals surface area contributed by atoms with Crippen LogP contribution in [0.15, 0.2) is 24.3 Å². The molecule has 0 unspecified atom stereocenters. The Balaban J connectivity index is 1.97. The van der Waals surface area contributed by atoms with Gasteiger partial charge in [0.05, 0.1) is 25.9 Å². The maximum Gasteiger partial charge on any atom is 0.119 e. The minimum atomic E-state index is 0.0646. The van der Waals surface area contributed by atoms with Crippen LogP contribution in [0, 0.1) is 0 Å². The molecule has 4 heteroatoms. The van der Waals surface area contributed by atoms with Crippen molar-refractivity contribution in [3.63, 3.8) is 0 Å². The molecule has 19 heavy (non-hydrogen) atoms. The Hall–Kier alpha value is -1.10. The standard InChI is InChI=1S/C15H23NO3/c1-11(2)16-14-10-18-8-7-15(14)19-13-5-3-12(9-17)4-6-13/h3-6,11,14-17H,7-10H2,1-2H3/t14-,15-/m0/s1. The number of aliphatic hydroxyl groups is 1. The van der Waals surface area contributed by atoms with Crippen LogP contribution in [-0.2, 0) is 11.3 Å². The average Bonchev–Trinajstić information content (AvgIpc) is 2.41. The highest BCUT2D eigenvalue weighted by molar-refractivity contribution is 5.27. The van der Waals surface area contributed by atoms with Crippen molar-refractivity contribution in [3.05, 3.63) is 29.8 Å². The summed E-state index contributed by atoms with van der Waals surface area (Å²) in [5, 5.41) is 12.5. The van der Waals surface area contributed by atoms with Crippen molar-refractivity contribution >= 4 is 0 Å². The van der Waals surface area contributed by atoms with Gasteiger partial charge in [-0.15, -0.1) is 0 Å². The predicted molar refractivity (Wildman–Crippen MR) is 74.3 cm³/mol. The van der Waals surface area contributed by atoms with Gasteiger partial charge in [-0.05, 0) is 17.7 Å². The minimum absolute atomic E-state index is 0.0646. The van der Waals surface area contributed by atoms with Crippen LogP contribution in [0.2, 0.25) is 0 Å². The Kier molecular flexibility index (Phi) is 5.19. The Labute approximate surface area is 114 Å². The highest BCUT2D eigenvalue weighted by atomic mass is 16.5. The molecule has 1 aliphatic rings. The first-order valence-corrected chi connectivity index (χ1v) is 6.89. The van der Waals surface area contributed by atoms with E-state index in [4.69, 9.17) is 14.6 Å². The second kappa shape index (κ2) is 6.89.